The Hall–Kier alpha value is -0.810. The second kappa shape index (κ2) is 2.20. The van der Waals surface area contributed by atoms with Crippen molar-refractivity contribution in [2.45, 2.75) is 13.8 Å². The summed E-state index contributed by atoms with van der Waals surface area (Å²) in [5, 5.41) is 10.6. The van der Waals surface area contributed by atoms with E-state index in [0.717, 1.165) is 16.0 Å². The summed E-state index contributed by atoms with van der Waals surface area (Å²) in [6.07, 6.45) is 0. The maximum atomic E-state index is 8.54. The number of thiophene rings is 1. The number of nitriles is 1. The van der Waals surface area contributed by atoms with Crippen LogP contribution in [0.3, 0.4) is 0 Å². The molecule has 0 saturated heterocycles. The van der Waals surface area contributed by atoms with Gasteiger partial charge in [-0.25, -0.2) is 0 Å². The van der Waals surface area contributed by atoms with E-state index in [0.29, 0.717) is 0 Å². The first-order chi connectivity index (χ1) is 4.25. The molecule has 1 aromatic rings. The van der Waals surface area contributed by atoms with Crippen LogP contribution in [0.5, 0.6) is 0 Å². The molecule has 0 fully saturated rings. The second-order valence-electron chi connectivity index (χ2n) is 1.96. The predicted molar refractivity (Wildman–Crippen MR) is 38.5 cm³/mol. The largest absolute Gasteiger partial charge is 0.192 e. The van der Waals surface area contributed by atoms with E-state index in [1.807, 2.05) is 19.2 Å². The highest BCUT2D eigenvalue weighted by Gasteiger charge is 2.00. The Labute approximate surface area is 58.6 Å². The molecule has 1 rings (SSSR count). The molecule has 0 saturated carbocycles. The van der Waals surface area contributed by atoms with Gasteiger partial charge in [-0.3, -0.25) is 0 Å². The van der Waals surface area contributed by atoms with Crippen LogP contribution in [0.4, 0.5) is 0 Å². The first-order valence-corrected chi connectivity index (χ1v) is 3.58. The highest BCUT2D eigenvalue weighted by molar-refractivity contribution is 7.10. The van der Waals surface area contributed by atoms with Gasteiger partial charge in [-0.05, 0) is 24.8 Å². The van der Waals surface area contributed by atoms with Crippen molar-refractivity contribution in [3.05, 3.63) is 21.4 Å². The minimum absolute atomic E-state index is 0.847. The maximum Gasteiger partial charge on any atom is 0.101 e. The average Bonchev–Trinajstić information content (AvgIpc) is 2.12. The third kappa shape index (κ3) is 0.962. The summed E-state index contributed by atoms with van der Waals surface area (Å²) in [6, 6.07) is 2.15. The fraction of sp³-hybridized carbons (Fsp3) is 0.286. The van der Waals surface area contributed by atoms with E-state index in [9.17, 15) is 0 Å². The number of rotatable bonds is 0. The van der Waals surface area contributed by atoms with Gasteiger partial charge >= 0.3 is 0 Å². The SMILES string of the molecule is Cc1csc(C)c1C#N. The van der Waals surface area contributed by atoms with Gasteiger partial charge in [0.25, 0.3) is 0 Å². The van der Waals surface area contributed by atoms with E-state index in [1.54, 1.807) is 11.3 Å². The zero-order chi connectivity index (χ0) is 6.85. The molecule has 0 aromatic carbocycles. The molecule has 0 radical (unpaired) electrons. The highest BCUT2D eigenvalue weighted by atomic mass is 32.1. The molecule has 1 heterocycles. The summed E-state index contributed by atoms with van der Waals surface area (Å²) in [5.41, 5.74) is 1.94. The van der Waals surface area contributed by atoms with Gasteiger partial charge in [-0.15, -0.1) is 11.3 Å². The fourth-order valence-corrected chi connectivity index (χ4v) is 1.54. The van der Waals surface area contributed by atoms with Gasteiger partial charge in [0.1, 0.15) is 6.07 Å². The molecule has 1 nitrogen and oxygen atoms in total. The van der Waals surface area contributed by atoms with Gasteiger partial charge in [0.15, 0.2) is 0 Å². The molecule has 0 N–H and O–H groups in total. The third-order valence-electron chi connectivity index (χ3n) is 1.27. The topological polar surface area (TPSA) is 23.8 Å². The van der Waals surface area contributed by atoms with Crippen LogP contribution in [0.1, 0.15) is 16.0 Å². The molecule has 1 aromatic heterocycles. The molecule has 0 aliphatic rings. The van der Waals surface area contributed by atoms with Crippen molar-refractivity contribution in [2.24, 2.45) is 0 Å². The third-order valence-corrected chi connectivity index (χ3v) is 2.30. The predicted octanol–water partition coefficient (Wildman–Crippen LogP) is 2.24. The van der Waals surface area contributed by atoms with E-state index in [1.165, 1.54) is 0 Å². The Morgan fingerprint density at radius 2 is 2.22 bits per heavy atom. The van der Waals surface area contributed by atoms with E-state index in [2.05, 4.69) is 6.07 Å². The van der Waals surface area contributed by atoms with Crippen molar-refractivity contribution < 1.29 is 0 Å². The Kier molecular flexibility index (Phi) is 1.54. The normalized spacial score (nSPS) is 9.00. The average molecular weight is 137 g/mol. The van der Waals surface area contributed by atoms with Crippen LogP contribution in [-0.4, -0.2) is 0 Å². The standard InChI is InChI=1S/C7H7NS/c1-5-4-9-6(2)7(5)3-8/h4H,1-2H3. The number of hydrogen-bond acceptors (Lipinski definition) is 2. The number of aryl methyl sites for hydroxylation is 2. The van der Waals surface area contributed by atoms with Gasteiger partial charge in [-0.1, -0.05) is 0 Å². The van der Waals surface area contributed by atoms with Crippen molar-refractivity contribution in [3.63, 3.8) is 0 Å². The quantitative estimate of drug-likeness (QED) is 0.538. The molecule has 0 spiro atoms. The van der Waals surface area contributed by atoms with Crippen molar-refractivity contribution in [2.75, 3.05) is 0 Å². The lowest BCUT2D eigenvalue weighted by Crippen LogP contribution is -1.73. The molecular formula is C7H7NS. The van der Waals surface area contributed by atoms with Crippen molar-refractivity contribution in [1.82, 2.24) is 0 Å². The van der Waals surface area contributed by atoms with E-state index in [-0.39, 0.29) is 0 Å². The zero-order valence-electron chi connectivity index (χ0n) is 5.43. The molecule has 0 atom stereocenters. The highest BCUT2D eigenvalue weighted by Crippen LogP contribution is 2.18. The number of hydrogen-bond donors (Lipinski definition) is 0. The van der Waals surface area contributed by atoms with Crippen LogP contribution < -0.4 is 0 Å². The Morgan fingerprint density at radius 3 is 2.44 bits per heavy atom. The van der Waals surface area contributed by atoms with Crippen molar-refractivity contribution >= 4 is 11.3 Å². The molecule has 0 bridgehead atoms. The van der Waals surface area contributed by atoms with Crippen LogP contribution in [-0.2, 0) is 0 Å². The molecule has 0 aliphatic carbocycles. The van der Waals surface area contributed by atoms with Crippen molar-refractivity contribution in [3.8, 4) is 6.07 Å². The zero-order valence-corrected chi connectivity index (χ0v) is 6.25. The smallest absolute Gasteiger partial charge is 0.101 e. The molecule has 2 heteroatoms. The van der Waals surface area contributed by atoms with E-state index >= 15 is 0 Å². The van der Waals surface area contributed by atoms with Gasteiger partial charge < -0.3 is 0 Å². The van der Waals surface area contributed by atoms with Crippen LogP contribution in [0.25, 0.3) is 0 Å². The summed E-state index contributed by atoms with van der Waals surface area (Å²) in [7, 11) is 0. The molecule has 0 amide bonds. The van der Waals surface area contributed by atoms with Crippen LogP contribution in [0.15, 0.2) is 5.38 Å². The van der Waals surface area contributed by atoms with Gasteiger partial charge in [0, 0.05) is 4.88 Å². The van der Waals surface area contributed by atoms with E-state index < -0.39 is 0 Å². The van der Waals surface area contributed by atoms with Gasteiger partial charge in [0.2, 0.25) is 0 Å². The summed E-state index contributed by atoms with van der Waals surface area (Å²) in [4.78, 5) is 1.12. The minimum Gasteiger partial charge on any atom is -0.192 e. The first kappa shape index (κ1) is 6.31. The fourth-order valence-electron chi connectivity index (χ4n) is 0.739. The lowest BCUT2D eigenvalue weighted by molar-refractivity contribution is 1.41. The Morgan fingerprint density at radius 1 is 1.56 bits per heavy atom. The van der Waals surface area contributed by atoms with Crippen LogP contribution in [0, 0.1) is 25.2 Å². The summed E-state index contributed by atoms with van der Waals surface area (Å²) in [6.45, 7) is 3.93. The van der Waals surface area contributed by atoms with E-state index in [4.69, 9.17) is 5.26 Å². The Balaban J connectivity index is 3.27. The number of nitrogens with zero attached hydrogens (tertiary/aromatic N) is 1. The van der Waals surface area contributed by atoms with Crippen molar-refractivity contribution in [1.29, 1.82) is 5.26 Å². The monoisotopic (exact) mass is 137 g/mol. The van der Waals surface area contributed by atoms with Crippen LogP contribution in [0.2, 0.25) is 0 Å². The summed E-state index contributed by atoms with van der Waals surface area (Å²) < 4.78 is 0. The molecule has 0 aliphatic heterocycles. The summed E-state index contributed by atoms with van der Waals surface area (Å²) in [5.74, 6) is 0. The molecular weight excluding hydrogens is 130 g/mol. The molecule has 46 valence electrons. The lowest BCUT2D eigenvalue weighted by atomic mass is 10.2. The lowest BCUT2D eigenvalue weighted by Gasteiger charge is -1.83. The first-order valence-electron chi connectivity index (χ1n) is 2.70. The van der Waals surface area contributed by atoms with Crippen LogP contribution >= 0.6 is 11.3 Å². The summed E-state index contributed by atoms with van der Waals surface area (Å²) >= 11 is 1.63. The molecule has 9 heavy (non-hydrogen) atoms. The van der Waals surface area contributed by atoms with Gasteiger partial charge in [0.05, 0.1) is 5.56 Å². The minimum atomic E-state index is 0.847. The maximum absolute atomic E-state index is 8.54. The van der Waals surface area contributed by atoms with Gasteiger partial charge in [-0.2, -0.15) is 5.26 Å². The Bertz CT molecular complexity index is 235. The second-order valence-corrected chi connectivity index (χ2v) is 3.05. The molecule has 0 unspecified atom stereocenters.